The SMILES string of the molecule is Cc1ccc(Cn2nnc(C=O)c2-c2ccc(C)c(C)c2)cc1. The van der Waals surface area contributed by atoms with Crippen LogP contribution < -0.4 is 0 Å². The molecule has 0 aliphatic carbocycles. The van der Waals surface area contributed by atoms with Crippen LogP contribution in [0.5, 0.6) is 0 Å². The topological polar surface area (TPSA) is 47.8 Å². The number of benzene rings is 2. The predicted molar refractivity (Wildman–Crippen MR) is 90.6 cm³/mol. The Hall–Kier alpha value is -2.75. The van der Waals surface area contributed by atoms with Crippen molar-refractivity contribution < 1.29 is 4.79 Å². The molecule has 1 heterocycles. The summed E-state index contributed by atoms with van der Waals surface area (Å²) >= 11 is 0. The van der Waals surface area contributed by atoms with Crippen LogP contribution in [0.2, 0.25) is 0 Å². The second kappa shape index (κ2) is 6.16. The standard InChI is InChI=1S/C19H19N3O/c1-13-4-7-16(8-5-13)11-22-19(18(12-23)20-21-22)17-9-6-14(2)15(3)10-17/h4-10,12H,11H2,1-3H3. The van der Waals surface area contributed by atoms with E-state index in [2.05, 4.69) is 67.5 Å². The van der Waals surface area contributed by atoms with Crippen LogP contribution in [-0.2, 0) is 6.54 Å². The lowest BCUT2D eigenvalue weighted by Crippen LogP contribution is -2.05. The predicted octanol–water partition coefficient (Wildman–Crippen LogP) is 3.73. The molecule has 0 N–H and O–H groups in total. The Balaban J connectivity index is 2.04. The van der Waals surface area contributed by atoms with Crippen LogP contribution >= 0.6 is 0 Å². The Morgan fingerprint density at radius 3 is 2.39 bits per heavy atom. The van der Waals surface area contributed by atoms with Gasteiger partial charge in [-0.15, -0.1) is 5.10 Å². The summed E-state index contributed by atoms with van der Waals surface area (Å²) in [4.78, 5) is 11.3. The normalized spacial score (nSPS) is 10.7. The van der Waals surface area contributed by atoms with E-state index in [1.165, 1.54) is 16.7 Å². The lowest BCUT2D eigenvalue weighted by atomic mass is 10.0. The fraction of sp³-hybridized carbons (Fsp3) is 0.211. The Morgan fingerprint density at radius 2 is 1.74 bits per heavy atom. The number of carbonyl (C=O) groups is 1. The molecular weight excluding hydrogens is 286 g/mol. The zero-order valence-electron chi connectivity index (χ0n) is 13.6. The van der Waals surface area contributed by atoms with E-state index in [-0.39, 0.29) is 0 Å². The van der Waals surface area contributed by atoms with Gasteiger partial charge in [0.25, 0.3) is 0 Å². The fourth-order valence-electron chi connectivity index (χ4n) is 2.57. The van der Waals surface area contributed by atoms with Crippen LogP contribution in [0.1, 0.15) is 32.7 Å². The van der Waals surface area contributed by atoms with E-state index in [1.807, 2.05) is 6.07 Å². The number of hydrogen-bond acceptors (Lipinski definition) is 3. The van der Waals surface area contributed by atoms with E-state index in [0.29, 0.717) is 12.2 Å². The summed E-state index contributed by atoms with van der Waals surface area (Å²) in [5.41, 5.74) is 6.86. The number of nitrogens with zero attached hydrogens (tertiary/aromatic N) is 3. The van der Waals surface area contributed by atoms with Crippen molar-refractivity contribution in [1.29, 1.82) is 0 Å². The second-order valence-electron chi connectivity index (χ2n) is 5.88. The van der Waals surface area contributed by atoms with Crippen LogP contribution in [0.15, 0.2) is 42.5 Å². The first kappa shape index (κ1) is 15.2. The molecule has 0 saturated heterocycles. The molecule has 116 valence electrons. The Kier molecular flexibility index (Phi) is 4.06. The van der Waals surface area contributed by atoms with Gasteiger partial charge in [-0.1, -0.05) is 47.2 Å². The van der Waals surface area contributed by atoms with Crippen LogP contribution in [0.25, 0.3) is 11.3 Å². The summed E-state index contributed by atoms with van der Waals surface area (Å²) in [5, 5.41) is 8.19. The molecule has 23 heavy (non-hydrogen) atoms. The van der Waals surface area contributed by atoms with E-state index >= 15 is 0 Å². The third kappa shape index (κ3) is 3.06. The van der Waals surface area contributed by atoms with Gasteiger partial charge in [-0.05, 0) is 43.5 Å². The van der Waals surface area contributed by atoms with Gasteiger partial charge in [0.05, 0.1) is 12.2 Å². The molecular formula is C19H19N3O. The first-order valence-corrected chi connectivity index (χ1v) is 7.60. The van der Waals surface area contributed by atoms with Gasteiger partial charge in [-0.2, -0.15) is 0 Å². The van der Waals surface area contributed by atoms with Crippen LogP contribution in [0.3, 0.4) is 0 Å². The van der Waals surface area contributed by atoms with Crippen molar-refractivity contribution in [2.75, 3.05) is 0 Å². The van der Waals surface area contributed by atoms with E-state index in [0.717, 1.165) is 23.1 Å². The molecule has 1 aromatic heterocycles. The van der Waals surface area contributed by atoms with E-state index < -0.39 is 0 Å². The minimum Gasteiger partial charge on any atom is -0.296 e. The molecule has 0 saturated carbocycles. The van der Waals surface area contributed by atoms with E-state index in [1.54, 1.807) is 4.68 Å². The molecule has 0 aliphatic rings. The molecule has 2 aromatic carbocycles. The number of aldehydes is 1. The second-order valence-corrected chi connectivity index (χ2v) is 5.88. The molecule has 3 aromatic rings. The van der Waals surface area contributed by atoms with Crippen LogP contribution in [0.4, 0.5) is 0 Å². The van der Waals surface area contributed by atoms with Crippen LogP contribution in [-0.4, -0.2) is 21.3 Å². The Morgan fingerprint density at radius 1 is 1.00 bits per heavy atom. The Labute approximate surface area is 135 Å². The van der Waals surface area contributed by atoms with Gasteiger partial charge >= 0.3 is 0 Å². The van der Waals surface area contributed by atoms with Crippen LogP contribution in [0, 0.1) is 20.8 Å². The first-order valence-electron chi connectivity index (χ1n) is 7.60. The zero-order chi connectivity index (χ0) is 16.4. The number of hydrogen-bond donors (Lipinski definition) is 0. The molecule has 0 spiro atoms. The minimum atomic E-state index is 0.375. The lowest BCUT2D eigenvalue weighted by Gasteiger charge is -2.09. The maximum Gasteiger partial charge on any atom is 0.172 e. The molecule has 0 unspecified atom stereocenters. The summed E-state index contributed by atoms with van der Waals surface area (Å²) in [6.45, 7) is 6.78. The average Bonchev–Trinajstić information content (AvgIpc) is 2.95. The summed E-state index contributed by atoms with van der Waals surface area (Å²) < 4.78 is 1.79. The van der Waals surface area contributed by atoms with Gasteiger partial charge in [0, 0.05) is 5.56 Å². The van der Waals surface area contributed by atoms with Gasteiger partial charge in [0.1, 0.15) is 0 Å². The van der Waals surface area contributed by atoms with Gasteiger partial charge in [0.2, 0.25) is 0 Å². The van der Waals surface area contributed by atoms with Crippen molar-refractivity contribution in [3.63, 3.8) is 0 Å². The molecule has 4 heteroatoms. The quantitative estimate of drug-likeness (QED) is 0.690. The lowest BCUT2D eigenvalue weighted by molar-refractivity contribution is 0.111. The maximum atomic E-state index is 11.3. The highest BCUT2D eigenvalue weighted by atomic mass is 16.1. The number of aryl methyl sites for hydroxylation is 3. The molecule has 4 nitrogen and oxygen atoms in total. The molecule has 0 amide bonds. The van der Waals surface area contributed by atoms with Gasteiger partial charge in [0.15, 0.2) is 12.0 Å². The van der Waals surface area contributed by atoms with Crippen molar-refractivity contribution in [3.05, 3.63) is 70.4 Å². The smallest absolute Gasteiger partial charge is 0.172 e. The molecule has 0 atom stereocenters. The summed E-state index contributed by atoms with van der Waals surface area (Å²) in [7, 11) is 0. The van der Waals surface area contributed by atoms with Crippen molar-refractivity contribution in [2.24, 2.45) is 0 Å². The maximum absolute atomic E-state index is 11.3. The highest BCUT2D eigenvalue weighted by molar-refractivity contribution is 5.83. The van der Waals surface area contributed by atoms with Crippen molar-refractivity contribution >= 4 is 6.29 Å². The third-order valence-corrected chi connectivity index (χ3v) is 4.11. The molecule has 0 bridgehead atoms. The monoisotopic (exact) mass is 305 g/mol. The summed E-state index contributed by atoms with van der Waals surface area (Å²) in [6, 6.07) is 14.4. The zero-order valence-corrected chi connectivity index (χ0v) is 13.6. The fourth-order valence-corrected chi connectivity index (χ4v) is 2.57. The number of rotatable bonds is 4. The highest BCUT2D eigenvalue weighted by Gasteiger charge is 2.15. The number of carbonyl (C=O) groups excluding carboxylic acids is 1. The third-order valence-electron chi connectivity index (χ3n) is 4.11. The largest absolute Gasteiger partial charge is 0.296 e. The first-order chi connectivity index (χ1) is 11.1. The minimum absolute atomic E-state index is 0.375. The van der Waals surface area contributed by atoms with Crippen molar-refractivity contribution in [1.82, 2.24) is 15.0 Å². The van der Waals surface area contributed by atoms with Gasteiger partial charge in [-0.3, -0.25) is 4.79 Å². The Bertz CT molecular complexity index is 848. The number of aromatic nitrogens is 3. The van der Waals surface area contributed by atoms with Crippen molar-refractivity contribution in [2.45, 2.75) is 27.3 Å². The summed E-state index contributed by atoms with van der Waals surface area (Å²) in [6.07, 6.45) is 0.767. The van der Waals surface area contributed by atoms with Gasteiger partial charge < -0.3 is 0 Å². The van der Waals surface area contributed by atoms with E-state index in [9.17, 15) is 4.79 Å². The molecule has 0 fully saturated rings. The molecule has 0 radical (unpaired) electrons. The van der Waals surface area contributed by atoms with E-state index in [4.69, 9.17) is 0 Å². The highest BCUT2D eigenvalue weighted by Crippen LogP contribution is 2.24. The molecule has 3 rings (SSSR count). The summed E-state index contributed by atoms with van der Waals surface area (Å²) in [5.74, 6) is 0. The van der Waals surface area contributed by atoms with Crippen molar-refractivity contribution in [3.8, 4) is 11.3 Å². The molecule has 0 aliphatic heterocycles. The van der Waals surface area contributed by atoms with Gasteiger partial charge in [-0.25, -0.2) is 4.68 Å². The average molecular weight is 305 g/mol.